The second-order valence-electron chi connectivity index (χ2n) is 10.3. The average Bonchev–Trinajstić information content (AvgIpc) is 3.39. The monoisotopic (exact) mass is 480 g/mol. The third-order valence-corrected chi connectivity index (χ3v) is 8.54. The van der Waals surface area contributed by atoms with Crippen molar-refractivity contribution in [2.45, 2.75) is 56.1 Å². The number of amides is 1. The van der Waals surface area contributed by atoms with Crippen LogP contribution in [0, 0.1) is 0 Å². The van der Waals surface area contributed by atoms with Gasteiger partial charge in [-0.1, -0.05) is 48.0 Å². The van der Waals surface area contributed by atoms with E-state index in [0.29, 0.717) is 12.5 Å². The van der Waals surface area contributed by atoms with Crippen LogP contribution in [0.3, 0.4) is 0 Å². The number of nitrogens with one attached hydrogen (secondary N) is 2. The number of carbonyl (C=O) groups excluding carboxylic acids is 1. The summed E-state index contributed by atoms with van der Waals surface area (Å²) in [5.41, 5.74) is 4.15. The normalized spacial score (nSPS) is 23.1. The molecule has 0 saturated carbocycles. The maximum atomic E-state index is 13.8. The van der Waals surface area contributed by atoms with Gasteiger partial charge in [-0.05, 0) is 80.9 Å². The molecule has 2 N–H and O–H groups in total. The first-order valence-electron chi connectivity index (χ1n) is 12.8. The smallest absolute Gasteiger partial charge is 0.240 e. The third kappa shape index (κ3) is 4.90. The SMILES string of the molecule is CN1CCc2ccccc2C12CCN(C(=O)[C@@H](Cc1ccc(Cl)cc1)NC[C@H]1CCCN1)CC2. The Bertz CT molecular complexity index is 980. The molecule has 0 bridgehead atoms. The van der Waals surface area contributed by atoms with Gasteiger partial charge in [-0.25, -0.2) is 0 Å². The second-order valence-corrected chi connectivity index (χ2v) is 10.7. The highest BCUT2D eigenvalue weighted by Gasteiger charge is 2.44. The molecular weight excluding hydrogens is 444 g/mol. The van der Waals surface area contributed by atoms with Crippen molar-refractivity contribution in [1.82, 2.24) is 20.4 Å². The predicted octanol–water partition coefficient (Wildman–Crippen LogP) is 3.60. The van der Waals surface area contributed by atoms with Crippen molar-refractivity contribution in [3.8, 4) is 0 Å². The molecule has 1 amide bonds. The molecule has 6 heteroatoms. The van der Waals surface area contributed by atoms with Crippen molar-refractivity contribution in [3.63, 3.8) is 0 Å². The van der Waals surface area contributed by atoms with E-state index in [1.54, 1.807) is 0 Å². The third-order valence-electron chi connectivity index (χ3n) is 8.29. The van der Waals surface area contributed by atoms with Crippen LogP contribution in [-0.4, -0.2) is 67.6 Å². The zero-order valence-corrected chi connectivity index (χ0v) is 21.0. The maximum absolute atomic E-state index is 13.8. The first-order chi connectivity index (χ1) is 16.5. The van der Waals surface area contributed by atoms with Crippen LogP contribution in [0.4, 0.5) is 0 Å². The predicted molar refractivity (Wildman–Crippen MR) is 138 cm³/mol. The molecule has 182 valence electrons. The zero-order chi connectivity index (χ0) is 23.5. The molecule has 2 atom stereocenters. The summed E-state index contributed by atoms with van der Waals surface area (Å²) >= 11 is 6.10. The maximum Gasteiger partial charge on any atom is 0.240 e. The van der Waals surface area contributed by atoms with Crippen molar-refractivity contribution in [1.29, 1.82) is 0 Å². The van der Waals surface area contributed by atoms with E-state index in [0.717, 1.165) is 62.6 Å². The Morgan fingerprint density at radius 2 is 1.91 bits per heavy atom. The van der Waals surface area contributed by atoms with Gasteiger partial charge in [0, 0.05) is 42.8 Å². The lowest BCUT2D eigenvalue weighted by molar-refractivity contribution is -0.136. The van der Waals surface area contributed by atoms with Crippen LogP contribution in [-0.2, 0) is 23.2 Å². The van der Waals surface area contributed by atoms with E-state index >= 15 is 0 Å². The molecule has 0 aliphatic carbocycles. The highest BCUT2D eigenvalue weighted by atomic mass is 35.5. The van der Waals surface area contributed by atoms with E-state index in [9.17, 15) is 4.79 Å². The van der Waals surface area contributed by atoms with E-state index in [-0.39, 0.29) is 17.5 Å². The number of rotatable bonds is 6. The van der Waals surface area contributed by atoms with E-state index in [2.05, 4.69) is 51.7 Å². The Balaban J connectivity index is 1.29. The summed E-state index contributed by atoms with van der Waals surface area (Å²) in [6.07, 6.45) is 6.17. The number of piperidine rings is 1. The van der Waals surface area contributed by atoms with Crippen molar-refractivity contribution >= 4 is 17.5 Å². The molecule has 0 unspecified atom stereocenters. The second kappa shape index (κ2) is 10.4. The fourth-order valence-corrected chi connectivity index (χ4v) is 6.31. The lowest BCUT2D eigenvalue weighted by Crippen LogP contribution is -2.58. The number of fused-ring (bicyclic) bond motifs is 2. The van der Waals surface area contributed by atoms with Crippen LogP contribution in [0.25, 0.3) is 0 Å². The molecule has 0 aromatic heterocycles. The van der Waals surface area contributed by atoms with Crippen molar-refractivity contribution in [2.24, 2.45) is 0 Å². The Hall–Kier alpha value is -1.92. The lowest BCUT2D eigenvalue weighted by atomic mass is 9.74. The minimum Gasteiger partial charge on any atom is -0.341 e. The Morgan fingerprint density at radius 3 is 2.65 bits per heavy atom. The highest BCUT2D eigenvalue weighted by Crippen LogP contribution is 2.42. The first kappa shape index (κ1) is 23.8. The number of nitrogens with zero attached hydrogens (tertiary/aromatic N) is 2. The summed E-state index contributed by atoms with van der Waals surface area (Å²) in [5, 5.41) is 7.89. The minimum atomic E-state index is -0.214. The quantitative estimate of drug-likeness (QED) is 0.663. The highest BCUT2D eigenvalue weighted by molar-refractivity contribution is 6.30. The van der Waals surface area contributed by atoms with Crippen LogP contribution >= 0.6 is 11.6 Å². The van der Waals surface area contributed by atoms with Crippen molar-refractivity contribution in [2.75, 3.05) is 39.8 Å². The Morgan fingerprint density at radius 1 is 1.15 bits per heavy atom. The van der Waals surface area contributed by atoms with Crippen LogP contribution < -0.4 is 10.6 Å². The molecule has 34 heavy (non-hydrogen) atoms. The molecule has 5 rings (SSSR count). The van der Waals surface area contributed by atoms with Gasteiger partial charge in [-0.15, -0.1) is 0 Å². The first-order valence-corrected chi connectivity index (χ1v) is 13.2. The van der Waals surface area contributed by atoms with Gasteiger partial charge in [0.1, 0.15) is 0 Å². The minimum absolute atomic E-state index is 0.0541. The van der Waals surface area contributed by atoms with Gasteiger partial charge < -0.3 is 15.5 Å². The molecular formula is C28H37ClN4O. The summed E-state index contributed by atoms with van der Waals surface area (Å²) in [6, 6.07) is 17.1. The zero-order valence-electron chi connectivity index (χ0n) is 20.2. The lowest BCUT2D eigenvalue weighted by Gasteiger charge is -2.51. The molecule has 3 aliphatic rings. The van der Waals surface area contributed by atoms with Gasteiger partial charge in [0.15, 0.2) is 0 Å². The number of likely N-dealkylation sites (N-methyl/N-ethyl adjacent to an activating group) is 1. The molecule has 2 aromatic carbocycles. The fourth-order valence-electron chi connectivity index (χ4n) is 6.19. The van der Waals surface area contributed by atoms with Gasteiger partial charge in [0.25, 0.3) is 0 Å². The summed E-state index contributed by atoms with van der Waals surface area (Å²) < 4.78 is 0. The number of hydrogen-bond donors (Lipinski definition) is 2. The van der Waals surface area contributed by atoms with Gasteiger partial charge in [0.05, 0.1) is 6.04 Å². The molecule has 5 nitrogen and oxygen atoms in total. The van der Waals surface area contributed by atoms with E-state index in [1.165, 1.54) is 24.0 Å². The standard InChI is InChI=1S/C28H37ClN4O/c1-32-16-12-22-5-2-3-7-25(22)28(32)13-17-33(18-14-28)27(34)26(31-20-24-6-4-15-30-24)19-21-8-10-23(29)11-9-21/h2-3,5,7-11,24,26,30-31H,4,6,12-20H2,1H3/t24-,26-/m1/s1. The average molecular weight is 481 g/mol. The van der Waals surface area contributed by atoms with Gasteiger partial charge >= 0.3 is 0 Å². The summed E-state index contributed by atoms with van der Waals surface area (Å²) in [7, 11) is 2.26. The van der Waals surface area contributed by atoms with E-state index < -0.39 is 0 Å². The van der Waals surface area contributed by atoms with Crippen LogP contribution in [0.15, 0.2) is 48.5 Å². The number of halogens is 1. The van der Waals surface area contributed by atoms with Crippen molar-refractivity contribution in [3.05, 3.63) is 70.2 Å². The van der Waals surface area contributed by atoms with Gasteiger partial charge in [-0.2, -0.15) is 0 Å². The molecule has 1 spiro atoms. The summed E-state index contributed by atoms with van der Waals surface area (Å²) in [6.45, 7) is 4.60. The van der Waals surface area contributed by atoms with Gasteiger partial charge in [0.2, 0.25) is 5.91 Å². The van der Waals surface area contributed by atoms with Crippen LogP contribution in [0.2, 0.25) is 5.02 Å². The molecule has 2 aromatic rings. The van der Waals surface area contributed by atoms with Crippen LogP contribution in [0.1, 0.15) is 42.4 Å². The largest absolute Gasteiger partial charge is 0.341 e. The van der Waals surface area contributed by atoms with Gasteiger partial charge in [-0.3, -0.25) is 9.69 Å². The number of likely N-dealkylation sites (tertiary alicyclic amines) is 1. The fraction of sp³-hybridized carbons (Fsp3) is 0.536. The number of hydrogen-bond acceptors (Lipinski definition) is 4. The van der Waals surface area contributed by atoms with E-state index in [4.69, 9.17) is 11.6 Å². The summed E-state index contributed by atoms with van der Waals surface area (Å²) in [5.74, 6) is 0.231. The number of benzene rings is 2. The van der Waals surface area contributed by atoms with Crippen LogP contribution in [0.5, 0.6) is 0 Å². The topological polar surface area (TPSA) is 47.6 Å². The molecule has 0 radical (unpaired) electrons. The molecule has 2 fully saturated rings. The van der Waals surface area contributed by atoms with Crippen molar-refractivity contribution < 1.29 is 4.79 Å². The molecule has 3 aliphatic heterocycles. The van der Waals surface area contributed by atoms with E-state index in [1.807, 2.05) is 24.3 Å². The number of carbonyl (C=O) groups is 1. The molecule has 2 saturated heterocycles. The molecule has 3 heterocycles. The summed E-state index contributed by atoms with van der Waals surface area (Å²) in [4.78, 5) is 18.4. The Kier molecular flexibility index (Phi) is 7.26. The Labute approximate surface area is 208 Å².